The van der Waals surface area contributed by atoms with Gasteiger partial charge in [0.1, 0.15) is 18.0 Å². The molecule has 4 rings (SSSR count). The molecule has 2 fully saturated rings. The van der Waals surface area contributed by atoms with Gasteiger partial charge in [-0.1, -0.05) is 12.8 Å². The Balaban J connectivity index is 1.76. The Kier molecular flexibility index (Phi) is 4.02. The predicted molar refractivity (Wildman–Crippen MR) is 94.5 cm³/mol. The van der Waals surface area contributed by atoms with E-state index in [1.54, 1.807) is 4.72 Å². The Hall–Kier alpha value is -2.75. The number of amides is 1. The quantitative estimate of drug-likeness (QED) is 0.709. The first kappa shape index (κ1) is 17.7. The van der Waals surface area contributed by atoms with Crippen molar-refractivity contribution in [1.29, 1.82) is 0 Å². The number of hydrogen-bond donors (Lipinski definition) is 3. The summed E-state index contributed by atoms with van der Waals surface area (Å²) in [5.74, 6) is -2.05. The first-order chi connectivity index (χ1) is 12.8. The number of halogens is 1. The smallest absolute Gasteiger partial charge is 0.326 e. The van der Waals surface area contributed by atoms with Crippen LogP contribution in [0.2, 0.25) is 0 Å². The van der Waals surface area contributed by atoms with Gasteiger partial charge in [0.25, 0.3) is 5.91 Å². The molecule has 0 bridgehead atoms. The van der Waals surface area contributed by atoms with Crippen molar-refractivity contribution in [2.24, 2.45) is 5.92 Å². The molecule has 0 aromatic heterocycles. The minimum atomic E-state index is -4.28. The Labute approximate surface area is 154 Å². The van der Waals surface area contributed by atoms with E-state index in [1.165, 1.54) is 12.1 Å². The summed E-state index contributed by atoms with van der Waals surface area (Å²) < 4.78 is 46.8. The number of rotatable bonds is 5. The van der Waals surface area contributed by atoms with Crippen molar-refractivity contribution in [3.8, 4) is 17.2 Å². The topological polar surface area (TPSA) is 116 Å². The number of phenolic OH excluding ortho intramolecular Hbond substituents is 2. The number of aromatic hydroxyl groups is 2. The fraction of sp³-hybridized carbons (Fsp3) is 0.353. The molecular formula is C17H17FN2O6S. The van der Waals surface area contributed by atoms with E-state index in [1.807, 2.05) is 0 Å². The third kappa shape index (κ3) is 3.20. The van der Waals surface area contributed by atoms with Crippen molar-refractivity contribution >= 4 is 32.6 Å². The summed E-state index contributed by atoms with van der Waals surface area (Å²) in [5, 5.41) is 20.3. The number of nitrogens with zero attached hydrogens (tertiary/aromatic N) is 1. The van der Waals surface area contributed by atoms with E-state index in [4.69, 9.17) is 4.74 Å². The molecule has 1 aliphatic heterocycles. The summed E-state index contributed by atoms with van der Waals surface area (Å²) >= 11 is 0. The lowest BCUT2D eigenvalue weighted by atomic mass is 10.1. The molecule has 10 heteroatoms. The Morgan fingerprint density at radius 2 is 1.93 bits per heavy atom. The van der Waals surface area contributed by atoms with E-state index in [2.05, 4.69) is 0 Å². The minimum absolute atomic E-state index is 0.0448. The molecule has 8 nitrogen and oxygen atoms in total. The van der Waals surface area contributed by atoms with E-state index < -0.39 is 39.9 Å². The molecule has 0 atom stereocenters. The number of phenols is 2. The monoisotopic (exact) mass is 396 g/mol. The molecule has 1 heterocycles. The molecule has 1 saturated carbocycles. The highest BCUT2D eigenvalue weighted by Crippen LogP contribution is 2.42. The van der Waals surface area contributed by atoms with E-state index in [-0.39, 0.29) is 22.3 Å². The number of anilines is 1. The van der Waals surface area contributed by atoms with Crippen LogP contribution < -0.4 is 13.8 Å². The number of carbonyl (C=O) groups is 1. The lowest BCUT2D eigenvalue weighted by Gasteiger charge is -2.18. The maximum absolute atomic E-state index is 15.1. The molecule has 0 spiro atoms. The van der Waals surface area contributed by atoms with Crippen molar-refractivity contribution in [3.05, 3.63) is 24.0 Å². The van der Waals surface area contributed by atoms with Gasteiger partial charge in [-0.15, -0.1) is 0 Å². The average Bonchev–Trinajstić information content (AvgIpc) is 3.34. The maximum Gasteiger partial charge on any atom is 0.326 e. The number of carbonyl (C=O) groups excluding carboxylic acids is 1. The zero-order valence-corrected chi connectivity index (χ0v) is 14.9. The van der Waals surface area contributed by atoms with Gasteiger partial charge in [0, 0.05) is 5.39 Å². The molecule has 2 aliphatic rings. The summed E-state index contributed by atoms with van der Waals surface area (Å²) in [6.07, 6.45) is 3.14. The molecule has 3 N–H and O–H groups in total. The molecule has 1 saturated heterocycles. The Bertz CT molecular complexity index is 1050. The van der Waals surface area contributed by atoms with Crippen LogP contribution in [0, 0.1) is 11.7 Å². The first-order valence-corrected chi connectivity index (χ1v) is 9.84. The highest BCUT2D eigenvalue weighted by atomic mass is 32.2. The van der Waals surface area contributed by atoms with Crippen LogP contribution in [-0.4, -0.2) is 37.7 Å². The normalized spacial score (nSPS) is 18.7. The zero-order valence-electron chi connectivity index (χ0n) is 14.1. The molecule has 2 aromatic rings. The van der Waals surface area contributed by atoms with Crippen LogP contribution >= 0.6 is 0 Å². The number of ether oxygens (including phenoxy) is 1. The zero-order chi connectivity index (χ0) is 19.3. The van der Waals surface area contributed by atoms with E-state index in [9.17, 15) is 23.4 Å². The van der Waals surface area contributed by atoms with Crippen molar-refractivity contribution < 1.29 is 32.6 Å². The summed E-state index contributed by atoms with van der Waals surface area (Å²) in [4.78, 5) is 11.4. The van der Waals surface area contributed by atoms with Gasteiger partial charge < -0.3 is 14.9 Å². The van der Waals surface area contributed by atoms with Crippen molar-refractivity contribution in [1.82, 2.24) is 4.72 Å². The van der Waals surface area contributed by atoms with Crippen molar-refractivity contribution in [3.63, 3.8) is 0 Å². The van der Waals surface area contributed by atoms with Gasteiger partial charge in [0.15, 0.2) is 17.3 Å². The molecule has 144 valence electrons. The Morgan fingerprint density at radius 3 is 2.56 bits per heavy atom. The van der Waals surface area contributed by atoms with Gasteiger partial charge in [0.05, 0.1) is 6.61 Å². The average molecular weight is 396 g/mol. The number of fused-ring (bicyclic) bond motifs is 1. The van der Waals surface area contributed by atoms with Crippen LogP contribution in [0.4, 0.5) is 10.1 Å². The number of hydrogen-bond acceptors (Lipinski definition) is 6. The van der Waals surface area contributed by atoms with Crippen LogP contribution in [0.1, 0.15) is 19.3 Å². The summed E-state index contributed by atoms with van der Waals surface area (Å²) in [5.41, 5.74) is -0.629. The van der Waals surface area contributed by atoms with Gasteiger partial charge in [-0.25, -0.2) is 13.4 Å². The fourth-order valence-corrected chi connectivity index (χ4v) is 4.25. The number of benzene rings is 2. The van der Waals surface area contributed by atoms with Crippen molar-refractivity contribution in [2.75, 3.05) is 17.5 Å². The molecule has 0 radical (unpaired) electrons. The van der Waals surface area contributed by atoms with Gasteiger partial charge >= 0.3 is 10.2 Å². The van der Waals surface area contributed by atoms with Crippen LogP contribution in [-0.2, 0) is 15.0 Å². The summed E-state index contributed by atoms with van der Waals surface area (Å²) in [7, 11) is -4.28. The molecule has 27 heavy (non-hydrogen) atoms. The van der Waals surface area contributed by atoms with Gasteiger partial charge in [-0.05, 0) is 35.9 Å². The van der Waals surface area contributed by atoms with Gasteiger partial charge in [0.2, 0.25) is 0 Å². The van der Waals surface area contributed by atoms with Crippen molar-refractivity contribution in [2.45, 2.75) is 19.3 Å². The highest BCUT2D eigenvalue weighted by molar-refractivity contribution is 7.92. The number of nitrogens with one attached hydrogen (secondary N) is 1. The second-order valence-electron chi connectivity index (χ2n) is 6.72. The third-order valence-electron chi connectivity index (χ3n) is 4.66. The lowest BCUT2D eigenvalue weighted by molar-refractivity contribution is -0.117. The highest BCUT2D eigenvalue weighted by Gasteiger charge is 2.38. The first-order valence-electron chi connectivity index (χ1n) is 8.40. The predicted octanol–water partition coefficient (Wildman–Crippen LogP) is 1.75. The standard InChI is InChI=1S/C17H17FN2O6S/c18-16-11-7-14(26-4-3-9-1-2-9)12(21)5-10(11)6-13(22)17(16)20-8-15(23)19-27(20,24)25/h5-7,9,21-22H,1-4,8H2,(H,19,23). The van der Waals surface area contributed by atoms with E-state index in [0.717, 1.165) is 25.3 Å². The summed E-state index contributed by atoms with van der Waals surface area (Å²) in [6.45, 7) is -0.267. The van der Waals surface area contributed by atoms with Crippen LogP contribution in [0.15, 0.2) is 18.2 Å². The largest absolute Gasteiger partial charge is 0.506 e. The molecule has 1 aliphatic carbocycles. The van der Waals surface area contributed by atoms with Gasteiger partial charge in [-0.3, -0.25) is 4.79 Å². The van der Waals surface area contributed by atoms with E-state index >= 15 is 4.39 Å². The van der Waals surface area contributed by atoms with E-state index in [0.29, 0.717) is 16.8 Å². The fourth-order valence-electron chi connectivity index (χ4n) is 3.09. The maximum atomic E-state index is 15.1. The Morgan fingerprint density at radius 1 is 1.22 bits per heavy atom. The van der Waals surface area contributed by atoms with Crippen LogP contribution in [0.5, 0.6) is 17.2 Å². The second kappa shape index (κ2) is 6.15. The molecular weight excluding hydrogens is 379 g/mol. The lowest BCUT2D eigenvalue weighted by Crippen LogP contribution is -2.30. The van der Waals surface area contributed by atoms with Crippen LogP contribution in [0.25, 0.3) is 10.8 Å². The third-order valence-corrected chi connectivity index (χ3v) is 6.04. The molecule has 0 unspecified atom stereocenters. The van der Waals surface area contributed by atoms with Crippen LogP contribution in [0.3, 0.4) is 0 Å². The molecule has 1 amide bonds. The minimum Gasteiger partial charge on any atom is -0.506 e. The SMILES string of the molecule is O=C1CN(c2c(O)cc3cc(O)c(OCCC4CC4)cc3c2F)S(=O)(=O)N1. The van der Waals surface area contributed by atoms with Gasteiger partial charge in [-0.2, -0.15) is 8.42 Å². The molecule has 2 aromatic carbocycles. The second-order valence-corrected chi connectivity index (χ2v) is 8.31. The summed E-state index contributed by atoms with van der Waals surface area (Å²) in [6, 6.07) is 3.61.